The van der Waals surface area contributed by atoms with E-state index in [4.69, 9.17) is 0 Å². The van der Waals surface area contributed by atoms with Gasteiger partial charge in [-0.2, -0.15) is 0 Å². The number of nitrogens with one attached hydrogen (secondary N) is 2. The second kappa shape index (κ2) is 10.8. The van der Waals surface area contributed by atoms with Gasteiger partial charge in [0.15, 0.2) is 0 Å². The topological polar surface area (TPSA) is 100 Å². The molecule has 0 bridgehead atoms. The van der Waals surface area contributed by atoms with E-state index in [-0.39, 0.29) is 17.3 Å². The van der Waals surface area contributed by atoms with E-state index in [0.29, 0.717) is 11.4 Å². The molecule has 8 nitrogen and oxygen atoms in total. The van der Waals surface area contributed by atoms with Crippen LogP contribution in [0.3, 0.4) is 0 Å². The second-order valence-electron chi connectivity index (χ2n) is 8.51. The van der Waals surface area contributed by atoms with Crippen molar-refractivity contribution in [2.24, 2.45) is 0 Å². The number of benzene rings is 2. The van der Waals surface area contributed by atoms with Crippen LogP contribution in [0.4, 0.5) is 22.7 Å². The Labute approximate surface area is 199 Å². The molecule has 0 spiro atoms. The standard InChI is InChI=1S/C26H29N5O3/c1-19(23-8-4-5-15-27-23)28-24-14-9-20(18-25(24)31(33)34)26(32)29-21-10-12-22(13-11-21)30-16-6-2-3-7-17-30/h4-5,8-15,18-19,28H,2-3,6-7,16-17H2,1H3,(H,29,32). The van der Waals surface area contributed by atoms with Gasteiger partial charge in [0, 0.05) is 42.3 Å². The van der Waals surface area contributed by atoms with Gasteiger partial charge in [0.1, 0.15) is 5.69 Å². The zero-order chi connectivity index (χ0) is 23.9. The van der Waals surface area contributed by atoms with Crippen LogP contribution >= 0.6 is 0 Å². The minimum absolute atomic E-state index is 0.160. The van der Waals surface area contributed by atoms with E-state index >= 15 is 0 Å². The molecule has 1 unspecified atom stereocenters. The summed E-state index contributed by atoms with van der Waals surface area (Å²) in [7, 11) is 0. The first kappa shape index (κ1) is 23.2. The molecule has 1 fully saturated rings. The Morgan fingerprint density at radius 2 is 1.76 bits per heavy atom. The average Bonchev–Trinajstić information content (AvgIpc) is 3.15. The van der Waals surface area contributed by atoms with Crippen molar-refractivity contribution in [2.45, 2.75) is 38.6 Å². The quantitative estimate of drug-likeness (QED) is 0.342. The fourth-order valence-electron chi connectivity index (χ4n) is 4.17. The first-order valence-corrected chi connectivity index (χ1v) is 11.6. The number of pyridine rings is 1. The van der Waals surface area contributed by atoms with Gasteiger partial charge in [0.2, 0.25) is 0 Å². The van der Waals surface area contributed by atoms with E-state index in [0.717, 1.165) is 24.5 Å². The Morgan fingerprint density at radius 1 is 1.03 bits per heavy atom. The number of aromatic nitrogens is 1. The van der Waals surface area contributed by atoms with Gasteiger partial charge < -0.3 is 15.5 Å². The zero-order valence-corrected chi connectivity index (χ0v) is 19.2. The van der Waals surface area contributed by atoms with Gasteiger partial charge >= 0.3 is 0 Å². The molecule has 1 aromatic heterocycles. The molecule has 0 aliphatic carbocycles. The van der Waals surface area contributed by atoms with E-state index in [1.165, 1.54) is 31.7 Å². The van der Waals surface area contributed by atoms with Gasteiger partial charge in [-0.3, -0.25) is 19.9 Å². The largest absolute Gasteiger partial charge is 0.372 e. The van der Waals surface area contributed by atoms with E-state index < -0.39 is 10.8 Å². The van der Waals surface area contributed by atoms with Gasteiger partial charge in [-0.1, -0.05) is 18.9 Å². The fourth-order valence-corrected chi connectivity index (χ4v) is 4.17. The van der Waals surface area contributed by atoms with Crippen LogP contribution < -0.4 is 15.5 Å². The minimum Gasteiger partial charge on any atom is -0.372 e. The lowest BCUT2D eigenvalue weighted by atomic mass is 10.1. The molecule has 0 saturated carbocycles. The molecule has 4 rings (SSSR count). The smallest absolute Gasteiger partial charge is 0.293 e. The van der Waals surface area contributed by atoms with Crippen molar-refractivity contribution in [3.8, 4) is 0 Å². The van der Waals surface area contributed by atoms with Gasteiger partial charge in [-0.25, -0.2) is 0 Å². The Morgan fingerprint density at radius 3 is 2.41 bits per heavy atom. The van der Waals surface area contributed by atoms with Crippen molar-refractivity contribution in [3.63, 3.8) is 0 Å². The lowest BCUT2D eigenvalue weighted by Crippen LogP contribution is -2.23. The summed E-state index contributed by atoms with van der Waals surface area (Å²) >= 11 is 0. The molecule has 176 valence electrons. The number of nitro benzene ring substituents is 1. The minimum atomic E-state index is -0.486. The van der Waals surface area contributed by atoms with Gasteiger partial charge in [-0.05, 0) is 68.3 Å². The summed E-state index contributed by atoms with van der Waals surface area (Å²) in [6.07, 6.45) is 6.61. The maximum absolute atomic E-state index is 12.8. The van der Waals surface area contributed by atoms with Crippen molar-refractivity contribution in [3.05, 3.63) is 88.2 Å². The zero-order valence-electron chi connectivity index (χ0n) is 19.2. The summed E-state index contributed by atoms with van der Waals surface area (Å²) in [4.78, 5) is 30.7. The molecule has 2 N–H and O–H groups in total. The van der Waals surface area contributed by atoms with Crippen molar-refractivity contribution < 1.29 is 9.72 Å². The predicted molar refractivity (Wildman–Crippen MR) is 134 cm³/mol. The molecule has 1 atom stereocenters. The van der Waals surface area contributed by atoms with Crippen LogP contribution in [0, 0.1) is 10.1 Å². The van der Waals surface area contributed by atoms with Crippen LogP contribution in [0.2, 0.25) is 0 Å². The van der Waals surface area contributed by atoms with Crippen molar-refractivity contribution >= 4 is 28.7 Å². The summed E-state index contributed by atoms with van der Waals surface area (Å²) in [5.41, 5.74) is 2.96. The van der Waals surface area contributed by atoms with E-state index in [1.54, 1.807) is 18.3 Å². The van der Waals surface area contributed by atoms with Crippen molar-refractivity contribution in [2.75, 3.05) is 28.6 Å². The van der Waals surface area contributed by atoms with Gasteiger partial charge in [0.25, 0.3) is 11.6 Å². The molecule has 8 heteroatoms. The average molecular weight is 460 g/mol. The van der Waals surface area contributed by atoms with Crippen LogP contribution in [-0.2, 0) is 0 Å². The van der Waals surface area contributed by atoms with Crippen LogP contribution in [0.1, 0.15) is 54.7 Å². The maximum atomic E-state index is 12.8. The number of hydrogen-bond donors (Lipinski definition) is 2. The van der Waals surface area contributed by atoms with Gasteiger partial charge in [-0.15, -0.1) is 0 Å². The first-order valence-electron chi connectivity index (χ1n) is 11.6. The molecule has 0 radical (unpaired) electrons. The summed E-state index contributed by atoms with van der Waals surface area (Å²) in [6, 6.07) is 17.5. The molecule has 34 heavy (non-hydrogen) atoms. The summed E-state index contributed by atoms with van der Waals surface area (Å²) in [5.74, 6) is -0.394. The molecule has 1 aliphatic heterocycles. The summed E-state index contributed by atoms with van der Waals surface area (Å²) in [6.45, 7) is 3.98. The SMILES string of the molecule is CC(Nc1ccc(C(=O)Nc2ccc(N3CCCCCC3)cc2)cc1[N+](=O)[O-])c1ccccn1. The first-order chi connectivity index (χ1) is 16.5. The molecule has 1 aliphatic rings. The number of carbonyl (C=O) groups excluding carboxylic acids is 1. The van der Waals surface area contributed by atoms with Crippen LogP contribution in [0.5, 0.6) is 0 Å². The highest BCUT2D eigenvalue weighted by molar-refractivity contribution is 6.05. The highest BCUT2D eigenvalue weighted by Crippen LogP contribution is 2.29. The second-order valence-corrected chi connectivity index (χ2v) is 8.51. The number of rotatable bonds is 7. The Balaban J connectivity index is 1.45. The van der Waals surface area contributed by atoms with Crippen LogP contribution in [0.25, 0.3) is 0 Å². The van der Waals surface area contributed by atoms with Crippen LogP contribution in [-0.4, -0.2) is 28.9 Å². The number of anilines is 3. The third-order valence-electron chi connectivity index (χ3n) is 6.06. The normalized spacial score (nSPS) is 14.7. The summed E-state index contributed by atoms with van der Waals surface area (Å²) in [5, 5.41) is 17.7. The fraction of sp³-hybridized carbons (Fsp3) is 0.308. The Kier molecular flexibility index (Phi) is 7.37. The Bertz CT molecular complexity index is 1130. The molecule has 1 amide bonds. The van der Waals surface area contributed by atoms with E-state index in [2.05, 4.69) is 20.5 Å². The third kappa shape index (κ3) is 5.70. The van der Waals surface area contributed by atoms with Crippen molar-refractivity contribution in [1.82, 2.24) is 4.98 Å². The number of hydrogen-bond acceptors (Lipinski definition) is 6. The monoisotopic (exact) mass is 459 g/mol. The molecule has 3 aromatic rings. The Hall–Kier alpha value is -3.94. The van der Waals surface area contributed by atoms with E-state index in [9.17, 15) is 14.9 Å². The highest BCUT2D eigenvalue weighted by atomic mass is 16.6. The number of nitrogens with zero attached hydrogens (tertiary/aromatic N) is 3. The predicted octanol–water partition coefficient (Wildman–Crippen LogP) is 5.80. The molecule has 1 saturated heterocycles. The lowest BCUT2D eigenvalue weighted by Gasteiger charge is -2.22. The van der Waals surface area contributed by atoms with Crippen molar-refractivity contribution in [1.29, 1.82) is 0 Å². The van der Waals surface area contributed by atoms with Crippen LogP contribution in [0.15, 0.2) is 66.9 Å². The number of amides is 1. The molecule has 2 heterocycles. The number of nitro groups is 1. The van der Waals surface area contributed by atoms with E-state index in [1.807, 2.05) is 49.4 Å². The molecular formula is C26H29N5O3. The molecular weight excluding hydrogens is 430 g/mol. The highest BCUT2D eigenvalue weighted by Gasteiger charge is 2.20. The third-order valence-corrected chi connectivity index (χ3v) is 6.06. The van der Waals surface area contributed by atoms with Gasteiger partial charge in [0.05, 0.1) is 16.7 Å². The maximum Gasteiger partial charge on any atom is 0.293 e. The molecule has 2 aromatic carbocycles. The number of carbonyl (C=O) groups is 1. The summed E-state index contributed by atoms with van der Waals surface area (Å²) < 4.78 is 0. The lowest BCUT2D eigenvalue weighted by molar-refractivity contribution is -0.384.